The second kappa shape index (κ2) is 11.5. The van der Waals surface area contributed by atoms with Gasteiger partial charge in [0.1, 0.15) is 5.60 Å². The van der Waals surface area contributed by atoms with Gasteiger partial charge in [-0.1, -0.05) is 6.42 Å². The van der Waals surface area contributed by atoms with Crippen LogP contribution in [0, 0.1) is 5.92 Å². The molecule has 0 radical (unpaired) electrons. The number of rotatable bonds is 6. The van der Waals surface area contributed by atoms with Crippen molar-refractivity contribution in [1.29, 1.82) is 0 Å². The maximum atomic E-state index is 12.2. The van der Waals surface area contributed by atoms with Crippen molar-refractivity contribution in [3.05, 3.63) is 0 Å². The summed E-state index contributed by atoms with van der Waals surface area (Å²) in [5.74, 6) is 1.44. The zero-order valence-corrected chi connectivity index (χ0v) is 18.4. The van der Waals surface area contributed by atoms with Crippen molar-refractivity contribution >= 4 is 12.1 Å². The fraction of sp³-hybridized carbons (Fsp3) is 0.905. The van der Waals surface area contributed by atoms with Crippen LogP contribution in [-0.2, 0) is 4.74 Å². The number of aliphatic imine (C=N–C) groups is 1. The third-order valence-corrected chi connectivity index (χ3v) is 5.29. The van der Waals surface area contributed by atoms with Crippen molar-refractivity contribution in [2.24, 2.45) is 10.9 Å². The fourth-order valence-electron chi connectivity index (χ4n) is 3.70. The minimum absolute atomic E-state index is 0.192. The van der Waals surface area contributed by atoms with Gasteiger partial charge in [-0.3, -0.25) is 4.99 Å². The van der Waals surface area contributed by atoms with E-state index in [9.17, 15) is 4.79 Å². The molecule has 2 aliphatic rings. The van der Waals surface area contributed by atoms with E-state index in [1.54, 1.807) is 0 Å². The molecule has 0 unspecified atom stereocenters. The summed E-state index contributed by atoms with van der Waals surface area (Å²) in [7, 11) is 0. The van der Waals surface area contributed by atoms with E-state index in [1.165, 1.54) is 32.4 Å². The summed E-state index contributed by atoms with van der Waals surface area (Å²) in [6.45, 7) is 15.5. The second-order valence-electron chi connectivity index (χ2n) is 8.96. The Balaban J connectivity index is 1.70. The highest BCUT2D eigenvalue weighted by molar-refractivity contribution is 5.79. The second-order valence-corrected chi connectivity index (χ2v) is 8.96. The predicted octanol–water partition coefficient (Wildman–Crippen LogP) is 2.67. The Morgan fingerprint density at radius 2 is 1.75 bits per heavy atom. The molecule has 0 saturated carbocycles. The third-order valence-electron chi connectivity index (χ3n) is 5.29. The zero-order chi connectivity index (χ0) is 20.4. The zero-order valence-electron chi connectivity index (χ0n) is 18.4. The van der Waals surface area contributed by atoms with E-state index >= 15 is 0 Å². The lowest BCUT2D eigenvalue weighted by molar-refractivity contribution is 0.0187. The number of carbonyl (C=O) groups excluding carboxylic acids is 1. The molecule has 28 heavy (non-hydrogen) atoms. The maximum absolute atomic E-state index is 12.2. The van der Waals surface area contributed by atoms with Gasteiger partial charge in [0.05, 0.1) is 0 Å². The van der Waals surface area contributed by atoms with Gasteiger partial charge in [0.2, 0.25) is 0 Å². The monoisotopic (exact) mass is 395 g/mol. The molecule has 2 saturated heterocycles. The molecule has 0 aliphatic carbocycles. The average Bonchev–Trinajstić information content (AvgIpc) is 2.66. The highest BCUT2D eigenvalue weighted by Crippen LogP contribution is 2.20. The molecule has 162 valence electrons. The lowest BCUT2D eigenvalue weighted by Crippen LogP contribution is -2.44. The first-order valence-electron chi connectivity index (χ1n) is 11.1. The van der Waals surface area contributed by atoms with Crippen LogP contribution in [0.1, 0.15) is 59.8 Å². The molecule has 2 rings (SSSR count). The quantitative estimate of drug-likeness (QED) is 0.535. The number of likely N-dealkylation sites (tertiary alicyclic amines) is 2. The topological polar surface area (TPSA) is 69.2 Å². The normalized spacial score (nSPS) is 20.1. The van der Waals surface area contributed by atoms with Crippen molar-refractivity contribution in [3.63, 3.8) is 0 Å². The van der Waals surface area contributed by atoms with E-state index in [1.807, 2.05) is 25.7 Å². The number of nitrogens with zero attached hydrogens (tertiary/aromatic N) is 3. The van der Waals surface area contributed by atoms with Crippen molar-refractivity contribution in [1.82, 2.24) is 20.4 Å². The predicted molar refractivity (Wildman–Crippen MR) is 115 cm³/mol. The van der Waals surface area contributed by atoms with Crippen molar-refractivity contribution < 1.29 is 9.53 Å². The van der Waals surface area contributed by atoms with Gasteiger partial charge < -0.3 is 25.2 Å². The molecular formula is C21H41N5O2. The molecule has 7 nitrogen and oxygen atoms in total. The van der Waals surface area contributed by atoms with Gasteiger partial charge in [-0.2, -0.15) is 0 Å². The van der Waals surface area contributed by atoms with Crippen molar-refractivity contribution in [3.8, 4) is 0 Å². The maximum Gasteiger partial charge on any atom is 0.410 e. The van der Waals surface area contributed by atoms with Gasteiger partial charge in [-0.15, -0.1) is 0 Å². The lowest BCUT2D eigenvalue weighted by Gasteiger charge is -2.33. The molecule has 2 aliphatic heterocycles. The Hall–Kier alpha value is -1.50. The molecular weight excluding hydrogens is 354 g/mol. The van der Waals surface area contributed by atoms with E-state index in [0.29, 0.717) is 5.92 Å². The average molecular weight is 396 g/mol. The van der Waals surface area contributed by atoms with Gasteiger partial charge in [-0.05, 0) is 72.4 Å². The Morgan fingerprint density at radius 3 is 2.36 bits per heavy atom. The number of amides is 1. The standard InChI is InChI=1S/C21H41N5O2/c1-5-22-19(23-11-16-25-12-7-6-8-13-25)24-17-18-9-14-26(15-10-18)20(27)28-21(2,3)4/h18H,5-17H2,1-4H3,(H2,22,23,24). The molecule has 0 aromatic heterocycles. The summed E-state index contributed by atoms with van der Waals surface area (Å²) in [4.78, 5) is 21.3. The van der Waals surface area contributed by atoms with E-state index in [-0.39, 0.29) is 6.09 Å². The Morgan fingerprint density at radius 1 is 1.07 bits per heavy atom. The smallest absolute Gasteiger partial charge is 0.410 e. The Kier molecular flexibility index (Phi) is 9.35. The minimum atomic E-state index is -0.432. The van der Waals surface area contributed by atoms with Crippen molar-refractivity contribution in [2.75, 3.05) is 52.4 Å². The van der Waals surface area contributed by atoms with Crippen LogP contribution in [-0.4, -0.2) is 79.8 Å². The van der Waals surface area contributed by atoms with Crippen LogP contribution in [0.5, 0.6) is 0 Å². The highest BCUT2D eigenvalue weighted by Gasteiger charge is 2.26. The van der Waals surface area contributed by atoms with Gasteiger partial charge in [0, 0.05) is 39.3 Å². The molecule has 2 N–H and O–H groups in total. The summed E-state index contributed by atoms with van der Waals surface area (Å²) in [5.41, 5.74) is -0.432. The molecule has 0 aromatic carbocycles. The number of ether oxygens (including phenoxy) is 1. The molecule has 0 atom stereocenters. The van der Waals surface area contributed by atoms with Crippen LogP contribution in [0.25, 0.3) is 0 Å². The third kappa shape index (κ3) is 8.67. The molecule has 0 aromatic rings. The molecule has 7 heteroatoms. The van der Waals surface area contributed by atoms with E-state index in [0.717, 1.165) is 58.1 Å². The summed E-state index contributed by atoms with van der Waals surface area (Å²) in [6, 6.07) is 0. The molecule has 0 bridgehead atoms. The summed E-state index contributed by atoms with van der Waals surface area (Å²) >= 11 is 0. The van der Waals surface area contributed by atoms with Gasteiger partial charge in [-0.25, -0.2) is 4.79 Å². The first-order valence-corrected chi connectivity index (χ1v) is 11.1. The first kappa shape index (κ1) is 22.8. The van der Waals surface area contributed by atoms with Crippen LogP contribution in [0.4, 0.5) is 4.79 Å². The van der Waals surface area contributed by atoms with Crippen LogP contribution in [0.2, 0.25) is 0 Å². The Labute approximate surface area is 171 Å². The SMILES string of the molecule is CCNC(=NCC1CCN(C(=O)OC(C)(C)C)CC1)NCCN1CCCCC1. The molecule has 2 fully saturated rings. The lowest BCUT2D eigenvalue weighted by atomic mass is 9.97. The van der Waals surface area contributed by atoms with Crippen LogP contribution < -0.4 is 10.6 Å². The molecule has 1 amide bonds. The first-order chi connectivity index (χ1) is 13.4. The van der Waals surface area contributed by atoms with E-state index in [4.69, 9.17) is 9.73 Å². The van der Waals surface area contributed by atoms with Crippen LogP contribution in [0.15, 0.2) is 4.99 Å². The Bertz CT molecular complexity index is 490. The summed E-state index contributed by atoms with van der Waals surface area (Å²) in [6.07, 6.45) is 5.81. The van der Waals surface area contributed by atoms with E-state index in [2.05, 4.69) is 22.5 Å². The largest absolute Gasteiger partial charge is 0.444 e. The van der Waals surface area contributed by atoms with Crippen molar-refractivity contribution in [2.45, 2.75) is 65.4 Å². The number of hydrogen-bond acceptors (Lipinski definition) is 4. The van der Waals surface area contributed by atoms with Gasteiger partial charge in [0.25, 0.3) is 0 Å². The minimum Gasteiger partial charge on any atom is -0.444 e. The van der Waals surface area contributed by atoms with Crippen LogP contribution in [0.3, 0.4) is 0 Å². The number of carbonyl (C=O) groups is 1. The fourth-order valence-corrected chi connectivity index (χ4v) is 3.70. The molecule has 0 spiro atoms. The number of nitrogens with one attached hydrogen (secondary N) is 2. The number of guanidine groups is 1. The summed E-state index contributed by atoms with van der Waals surface area (Å²) in [5, 5.41) is 6.82. The van der Waals surface area contributed by atoms with Crippen LogP contribution >= 0.6 is 0 Å². The number of hydrogen-bond donors (Lipinski definition) is 2. The molecule has 2 heterocycles. The summed E-state index contributed by atoms with van der Waals surface area (Å²) < 4.78 is 5.47. The van der Waals surface area contributed by atoms with E-state index < -0.39 is 5.60 Å². The number of piperidine rings is 2. The van der Waals surface area contributed by atoms with Gasteiger partial charge in [0.15, 0.2) is 5.96 Å². The highest BCUT2D eigenvalue weighted by atomic mass is 16.6. The van der Waals surface area contributed by atoms with Gasteiger partial charge >= 0.3 is 6.09 Å².